The van der Waals surface area contributed by atoms with Gasteiger partial charge in [-0.2, -0.15) is 13.2 Å². The Kier molecular flexibility index (Phi) is 6.31. The van der Waals surface area contributed by atoms with Crippen LogP contribution in [0.2, 0.25) is 5.02 Å². The quantitative estimate of drug-likeness (QED) is 0.634. The number of halogens is 4. The third-order valence-electron chi connectivity index (χ3n) is 3.25. The predicted octanol–water partition coefficient (Wildman–Crippen LogP) is 5.43. The molecular formula is C18H16ClF3O3. The molecule has 2 aromatic carbocycles. The SMILES string of the molecule is CCCOC(=O)C(Oc1cccc(C(F)(F)F)c1)c1ccc(Cl)cc1. The molecule has 2 aromatic rings. The Morgan fingerprint density at radius 2 is 1.84 bits per heavy atom. The van der Waals surface area contributed by atoms with E-state index in [1.54, 1.807) is 24.3 Å². The second-order valence-corrected chi connectivity index (χ2v) is 5.68. The Morgan fingerprint density at radius 1 is 1.16 bits per heavy atom. The number of hydrogen-bond acceptors (Lipinski definition) is 3. The van der Waals surface area contributed by atoms with Gasteiger partial charge >= 0.3 is 12.1 Å². The van der Waals surface area contributed by atoms with Crippen LogP contribution in [0.5, 0.6) is 5.75 Å². The van der Waals surface area contributed by atoms with Crippen molar-refractivity contribution in [2.75, 3.05) is 6.61 Å². The standard InChI is InChI=1S/C18H16ClF3O3/c1-2-10-24-17(23)16(12-6-8-14(19)9-7-12)25-15-5-3-4-13(11-15)18(20,21)22/h3-9,11,16H,2,10H2,1H3. The number of alkyl halides is 3. The molecule has 1 atom stereocenters. The lowest BCUT2D eigenvalue weighted by Gasteiger charge is -2.19. The first-order chi connectivity index (χ1) is 11.8. The van der Waals surface area contributed by atoms with E-state index in [4.69, 9.17) is 21.1 Å². The first-order valence-electron chi connectivity index (χ1n) is 7.57. The van der Waals surface area contributed by atoms with Crippen LogP contribution >= 0.6 is 11.6 Å². The van der Waals surface area contributed by atoms with Crippen LogP contribution in [0.4, 0.5) is 13.2 Å². The maximum Gasteiger partial charge on any atom is 0.416 e. The van der Waals surface area contributed by atoms with Gasteiger partial charge in [-0.25, -0.2) is 4.79 Å². The van der Waals surface area contributed by atoms with Gasteiger partial charge in [-0.1, -0.05) is 36.7 Å². The Labute approximate surface area is 148 Å². The third kappa shape index (κ3) is 5.39. The van der Waals surface area contributed by atoms with Crippen molar-refractivity contribution in [2.24, 2.45) is 0 Å². The molecule has 0 amide bonds. The molecule has 0 saturated carbocycles. The van der Waals surface area contributed by atoms with Crippen molar-refractivity contribution < 1.29 is 27.4 Å². The van der Waals surface area contributed by atoms with Crippen LogP contribution in [0.3, 0.4) is 0 Å². The van der Waals surface area contributed by atoms with Crippen LogP contribution < -0.4 is 4.74 Å². The van der Waals surface area contributed by atoms with E-state index >= 15 is 0 Å². The minimum atomic E-state index is -4.50. The first kappa shape index (κ1) is 19.1. The van der Waals surface area contributed by atoms with Crippen molar-refractivity contribution in [3.63, 3.8) is 0 Å². The summed E-state index contributed by atoms with van der Waals surface area (Å²) >= 11 is 5.83. The Balaban J connectivity index is 2.30. The van der Waals surface area contributed by atoms with E-state index in [1.165, 1.54) is 12.1 Å². The molecule has 0 fully saturated rings. The summed E-state index contributed by atoms with van der Waals surface area (Å²) in [7, 11) is 0. The van der Waals surface area contributed by atoms with Crippen molar-refractivity contribution >= 4 is 17.6 Å². The Hall–Kier alpha value is -2.21. The van der Waals surface area contributed by atoms with Crippen LogP contribution in [0.15, 0.2) is 48.5 Å². The van der Waals surface area contributed by atoms with Crippen LogP contribution in [0, 0.1) is 0 Å². The zero-order valence-corrected chi connectivity index (χ0v) is 14.1. The van der Waals surface area contributed by atoms with Crippen molar-refractivity contribution in [2.45, 2.75) is 25.6 Å². The van der Waals surface area contributed by atoms with Gasteiger partial charge in [-0.05, 0) is 36.8 Å². The van der Waals surface area contributed by atoms with Gasteiger partial charge < -0.3 is 9.47 Å². The van der Waals surface area contributed by atoms with Gasteiger partial charge in [0.25, 0.3) is 0 Å². The summed E-state index contributed by atoms with van der Waals surface area (Å²) in [5.74, 6) is -0.759. The molecule has 2 rings (SSSR count). The topological polar surface area (TPSA) is 35.5 Å². The normalized spacial score (nSPS) is 12.5. The zero-order valence-electron chi connectivity index (χ0n) is 13.3. The lowest BCUT2D eigenvalue weighted by Crippen LogP contribution is -2.22. The molecule has 0 N–H and O–H groups in total. The molecule has 0 bridgehead atoms. The van der Waals surface area contributed by atoms with Crippen LogP contribution in [0.25, 0.3) is 0 Å². The maximum absolute atomic E-state index is 12.8. The highest BCUT2D eigenvalue weighted by atomic mass is 35.5. The Morgan fingerprint density at radius 3 is 2.44 bits per heavy atom. The molecule has 0 aliphatic rings. The lowest BCUT2D eigenvalue weighted by atomic mass is 10.1. The van der Waals surface area contributed by atoms with Crippen molar-refractivity contribution in [1.82, 2.24) is 0 Å². The van der Waals surface area contributed by atoms with E-state index in [9.17, 15) is 18.0 Å². The highest BCUT2D eigenvalue weighted by Crippen LogP contribution is 2.33. The number of carbonyl (C=O) groups is 1. The Bertz CT molecular complexity index is 714. The molecule has 0 aliphatic carbocycles. The summed E-state index contributed by atoms with van der Waals surface area (Å²) in [6.45, 7) is 2.02. The van der Waals surface area contributed by atoms with Crippen molar-refractivity contribution in [1.29, 1.82) is 0 Å². The van der Waals surface area contributed by atoms with Gasteiger partial charge in [0.2, 0.25) is 6.10 Å². The minimum Gasteiger partial charge on any atom is -0.474 e. The van der Waals surface area contributed by atoms with Gasteiger partial charge in [-0.15, -0.1) is 0 Å². The molecular weight excluding hydrogens is 357 g/mol. The van der Waals surface area contributed by atoms with Crippen LogP contribution in [0.1, 0.15) is 30.6 Å². The number of carbonyl (C=O) groups excluding carboxylic acids is 1. The lowest BCUT2D eigenvalue weighted by molar-refractivity contribution is -0.152. The van der Waals surface area contributed by atoms with E-state index in [2.05, 4.69) is 0 Å². The van der Waals surface area contributed by atoms with E-state index in [-0.39, 0.29) is 12.4 Å². The molecule has 0 spiro atoms. The van der Waals surface area contributed by atoms with Crippen molar-refractivity contribution in [3.8, 4) is 5.75 Å². The van der Waals surface area contributed by atoms with Crippen LogP contribution in [-0.4, -0.2) is 12.6 Å². The van der Waals surface area contributed by atoms with Gasteiger partial charge in [0.15, 0.2) is 0 Å². The summed E-state index contributed by atoms with van der Waals surface area (Å²) in [4.78, 5) is 12.3. The van der Waals surface area contributed by atoms with Gasteiger partial charge in [-0.3, -0.25) is 0 Å². The van der Waals surface area contributed by atoms with E-state index in [0.717, 1.165) is 12.1 Å². The highest BCUT2D eigenvalue weighted by molar-refractivity contribution is 6.30. The summed E-state index contributed by atoms with van der Waals surface area (Å²) in [5, 5.41) is 0.462. The van der Waals surface area contributed by atoms with Gasteiger partial charge in [0, 0.05) is 10.6 Å². The predicted molar refractivity (Wildman–Crippen MR) is 87.5 cm³/mol. The molecule has 0 radical (unpaired) electrons. The van der Waals surface area contributed by atoms with E-state index in [0.29, 0.717) is 17.0 Å². The number of ether oxygens (including phenoxy) is 2. The smallest absolute Gasteiger partial charge is 0.416 e. The van der Waals surface area contributed by atoms with E-state index < -0.39 is 23.8 Å². The molecule has 25 heavy (non-hydrogen) atoms. The summed E-state index contributed by atoms with van der Waals surface area (Å²) < 4.78 is 49.1. The number of hydrogen-bond donors (Lipinski definition) is 0. The summed E-state index contributed by atoms with van der Waals surface area (Å²) in [6.07, 6.45) is -5.08. The zero-order chi connectivity index (χ0) is 18.4. The number of rotatable bonds is 6. The fraction of sp³-hybridized carbons (Fsp3) is 0.278. The first-order valence-corrected chi connectivity index (χ1v) is 7.95. The minimum absolute atomic E-state index is 0.0803. The molecule has 0 aliphatic heterocycles. The largest absolute Gasteiger partial charge is 0.474 e. The number of benzene rings is 2. The van der Waals surface area contributed by atoms with Gasteiger partial charge in [0.1, 0.15) is 5.75 Å². The maximum atomic E-state index is 12.8. The fourth-order valence-corrected chi connectivity index (χ4v) is 2.18. The molecule has 0 saturated heterocycles. The molecule has 0 heterocycles. The summed E-state index contributed by atoms with van der Waals surface area (Å²) in [6, 6.07) is 10.6. The second-order valence-electron chi connectivity index (χ2n) is 5.24. The average molecular weight is 373 g/mol. The number of esters is 1. The molecule has 134 valence electrons. The monoisotopic (exact) mass is 372 g/mol. The summed E-state index contributed by atoms with van der Waals surface area (Å²) in [5.41, 5.74) is -0.426. The highest BCUT2D eigenvalue weighted by Gasteiger charge is 2.31. The van der Waals surface area contributed by atoms with Crippen LogP contribution in [-0.2, 0) is 15.7 Å². The fourth-order valence-electron chi connectivity index (χ4n) is 2.05. The average Bonchev–Trinajstić information content (AvgIpc) is 2.58. The third-order valence-corrected chi connectivity index (χ3v) is 3.50. The molecule has 3 nitrogen and oxygen atoms in total. The molecule has 0 aromatic heterocycles. The second kappa shape index (κ2) is 8.25. The van der Waals surface area contributed by atoms with Crippen molar-refractivity contribution in [3.05, 3.63) is 64.7 Å². The molecule has 7 heteroatoms. The van der Waals surface area contributed by atoms with E-state index in [1.807, 2.05) is 6.92 Å². The molecule has 1 unspecified atom stereocenters. The van der Waals surface area contributed by atoms with Gasteiger partial charge in [0.05, 0.1) is 12.2 Å².